The minimum Gasteiger partial charge on any atom is -0.298 e. The summed E-state index contributed by atoms with van der Waals surface area (Å²) in [6, 6.07) is 0. The highest BCUT2D eigenvalue weighted by atomic mass is 16.1. The van der Waals surface area contributed by atoms with Gasteiger partial charge in [-0.15, -0.1) is 0 Å². The largest absolute Gasteiger partial charge is 0.298 e. The van der Waals surface area contributed by atoms with Crippen molar-refractivity contribution >= 4 is 6.29 Å². The van der Waals surface area contributed by atoms with Crippen molar-refractivity contribution in [3.05, 3.63) is 23.3 Å². The lowest BCUT2D eigenvalue weighted by molar-refractivity contribution is -0.105. The third-order valence-corrected chi connectivity index (χ3v) is 4.33. The van der Waals surface area contributed by atoms with Crippen LogP contribution < -0.4 is 0 Å². The van der Waals surface area contributed by atoms with E-state index in [1.165, 1.54) is 12.0 Å². The number of rotatable bonds is 2. The molecule has 0 spiro atoms. The van der Waals surface area contributed by atoms with Crippen LogP contribution in [0.2, 0.25) is 0 Å². The van der Waals surface area contributed by atoms with E-state index in [9.17, 15) is 4.79 Å². The zero-order valence-corrected chi connectivity index (χ0v) is 10.6. The average molecular weight is 218 g/mol. The Bertz CT molecular complexity index is 335. The first-order valence-electron chi connectivity index (χ1n) is 6.46. The van der Waals surface area contributed by atoms with Gasteiger partial charge in [0.25, 0.3) is 0 Å². The molecule has 88 valence electrons. The van der Waals surface area contributed by atoms with Crippen molar-refractivity contribution in [2.45, 2.75) is 40.0 Å². The maximum atomic E-state index is 11.1. The summed E-state index contributed by atoms with van der Waals surface area (Å²) < 4.78 is 0. The Morgan fingerprint density at radius 3 is 2.81 bits per heavy atom. The minimum atomic E-state index is 0.502. The smallest absolute Gasteiger partial charge is 0.146 e. The highest BCUT2D eigenvalue weighted by Gasteiger charge is 2.36. The van der Waals surface area contributed by atoms with E-state index in [1.54, 1.807) is 0 Å². The molecule has 2 rings (SSSR count). The fourth-order valence-corrected chi connectivity index (χ4v) is 3.35. The molecule has 0 saturated heterocycles. The molecule has 0 aromatic carbocycles. The van der Waals surface area contributed by atoms with Gasteiger partial charge in [0.1, 0.15) is 6.29 Å². The topological polar surface area (TPSA) is 17.1 Å². The van der Waals surface area contributed by atoms with Gasteiger partial charge >= 0.3 is 0 Å². The summed E-state index contributed by atoms with van der Waals surface area (Å²) in [7, 11) is 0. The van der Waals surface area contributed by atoms with Crippen LogP contribution in [-0.4, -0.2) is 6.29 Å². The van der Waals surface area contributed by atoms with Crippen LogP contribution in [0.25, 0.3) is 0 Å². The van der Waals surface area contributed by atoms with Gasteiger partial charge in [0.2, 0.25) is 0 Å². The van der Waals surface area contributed by atoms with Gasteiger partial charge in [-0.1, -0.05) is 31.6 Å². The van der Waals surface area contributed by atoms with E-state index in [4.69, 9.17) is 0 Å². The molecule has 2 aliphatic carbocycles. The molecule has 1 nitrogen and oxygen atoms in total. The highest BCUT2D eigenvalue weighted by Crippen LogP contribution is 2.44. The molecule has 0 saturated carbocycles. The lowest BCUT2D eigenvalue weighted by Gasteiger charge is -2.40. The van der Waals surface area contributed by atoms with E-state index in [0.717, 1.165) is 30.6 Å². The first kappa shape index (κ1) is 11.6. The second-order valence-corrected chi connectivity index (χ2v) is 5.70. The van der Waals surface area contributed by atoms with Crippen molar-refractivity contribution < 1.29 is 4.79 Å². The number of carbonyl (C=O) groups is 1. The monoisotopic (exact) mass is 218 g/mol. The molecule has 3 atom stereocenters. The van der Waals surface area contributed by atoms with Gasteiger partial charge in [-0.25, -0.2) is 0 Å². The molecule has 0 bridgehead atoms. The molecule has 0 fully saturated rings. The molecule has 0 unspecified atom stereocenters. The molecule has 1 heteroatoms. The predicted molar refractivity (Wildman–Crippen MR) is 67.1 cm³/mol. The van der Waals surface area contributed by atoms with Crippen LogP contribution in [0.1, 0.15) is 40.0 Å². The minimum absolute atomic E-state index is 0.502. The molecular formula is C15H22O. The fraction of sp³-hybridized carbons (Fsp3) is 0.667. The zero-order chi connectivity index (χ0) is 11.7. The summed E-state index contributed by atoms with van der Waals surface area (Å²) in [5.74, 6) is 2.55. The Morgan fingerprint density at radius 1 is 1.44 bits per heavy atom. The van der Waals surface area contributed by atoms with Gasteiger partial charge < -0.3 is 0 Å². The fourth-order valence-electron chi connectivity index (χ4n) is 3.35. The number of hydrogen-bond donors (Lipinski definition) is 0. The third-order valence-electron chi connectivity index (χ3n) is 4.33. The summed E-state index contributed by atoms with van der Waals surface area (Å²) in [4.78, 5) is 11.1. The molecule has 0 aliphatic heterocycles. The van der Waals surface area contributed by atoms with Gasteiger partial charge in [-0.2, -0.15) is 0 Å². The Morgan fingerprint density at radius 2 is 2.19 bits per heavy atom. The lowest BCUT2D eigenvalue weighted by Crippen LogP contribution is -2.32. The summed E-state index contributed by atoms with van der Waals surface area (Å²) in [5.41, 5.74) is 2.57. The Kier molecular flexibility index (Phi) is 3.32. The van der Waals surface area contributed by atoms with Crippen LogP contribution in [0.5, 0.6) is 0 Å². The second-order valence-electron chi connectivity index (χ2n) is 5.70. The third kappa shape index (κ3) is 2.00. The van der Waals surface area contributed by atoms with Crippen molar-refractivity contribution in [1.29, 1.82) is 0 Å². The zero-order valence-electron chi connectivity index (χ0n) is 10.6. The summed E-state index contributed by atoms with van der Waals surface area (Å²) in [5, 5.41) is 0. The summed E-state index contributed by atoms with van der Waals surface area (Å²) in [6.07, 6.45) is 9.13. The van der Waals surface area contributed by atoms with Crippen molar-refractivity contribution in [2.75, 3.05) is 0 Å². The van der Waals surface area contributed by atoms with Gasteiger partial charge in [0, 0.05) is 0 Å². The van der Waals surface area contributed by atoms with E-state index < -0.39 is 0 Å². The molecule has 0 heterocycles. The normalized spacial score (nSPS) is 34.1. The van der Waals surface area contributed by atoms with Gasteiger partial charge in [0.05, 0.1) is 0 Å². The Hall–Kier alpha value is -0.850. The molecule has 0 aromatic heterocycles. The van der Waals surface area contributed by atoms with Crippen molar-refractivity contribution in [1.82, 2.24) is 0 Å². The summed E-state index contributed by atoms with van der Waals surface area (Å²) >= 11 is 0. The number of carbonyl (C=O) groups excluding carboxylic acids is 1. The molecule has 0 amide bonds. The van der Waals surface area contributed by atoms with Crippen LogP contribution in [-0.2, 0) is 4.79 Å². The van der Waals surface area contributed by atoms with Crippen LogP contribution in [0, 0.1) is 23.7 Å². The quantitative estimate of drug-likeness (QED) is 0.509. The molecule has 0 N–H and O–H groups in total. The number of fused-ring (bicyclic) bond motifs is 1. The number of allylic oxidation sites excluding steroid dienone is 4. The lowest BCUT2D eigenvalue weighted by atomic mass is 9.64. The molecule has 0 aromatic rings. The number of hydrogen-bond acceptors (Lipinski definition) is 1. The molecular weight excluding hydrogens is 196 g/mol. The second kappa shape index (κ2) is 4.57. The van der Waals surface area contributed by atoms with Gasteiger partial charge in [-0.3, -0.25) is 4.79 Å². The maximum Gasteiger partial charge on any atom is 0.146 e. The summed E-state index contributed by atoms with van der Waals surface area (Å²) in [6.45, 7) is 6.84. The maximum absolute atomic E-state index is 11.1. The van der Waals surface area contributed by atoms with Gasteiger partial charge in [-0.05, 0) is 55.4 Å². The van der Waals surface area contributed by atoms with Crippen LogP contribution in [0.3, 0.4) is 0 Å². The average Bonchev–Trinajstić information content (AvgIpc) is 2.26. The standard InChI is InChI=1S/C15H22O/c1-10(2)13-7-5-12(9-16)14-6-4-11(3)8-15(13)14/h5,8-10,13-15H,4,6-7H2,1-3H3/t13-,14+,15+/m0/s1. The van der Waals surface area contributed by atoms with Gasteiger partial charge in [0.15, 0.2) is 0 Å². The van der Waals surface area contributed by atoms with Crippen LogP contribution in [0.4, 0.5) is 0 Å². The highest BCUT2D eigenvalue weighted by molar-refractivity contribution is 5.74. The molecule has 2 aliphatic rings. The van der Waals surface area contributed by atoms with Crippen LogP contribution >= 0.6 is 0 Å². The van der Waals surface area contributed by atoms with E-state index in [2.05, 4.69) is 32.9 Å². The number of aldehydes is 1. The van der Waals surface area contributed by atoms with Crippen LogP contribution in [0.15, 0.2) is 23.3 Å². The van der Waals surface area contributed by atoms with Crippen molar-refractivity contribution in [3.63, 3.8) is 0 Å². The van der Waals surface area contributed by atoms with Crippen molar-refractivity contribution in [2.24, 2.45) is 23.7 Å². The van der Waals surface area contributed by atoms with E-state index in [1.807, 2.05) is 0 Å². The molecule has 16 heavy (non-hydrogen) atoms. The van der Waals surface area contributed by atoms with Crippen molar-refractivity contribution in [3.8, 4) is 0 Å². The van der Waals surface area contributed by atoms with E-state index >= 15 is 0 Å². The SMILES string of the molecule is CC1=C[C@H]2[C@H](CC1)C(C=O)=CC[C@H]2C(C)C. The van der Waals surface area contributed by atoms with E-state index in [-0.39, 0.29) is 0 Å². The molecule has 0 radical (unpaired) electrons. The first-order valence-corrected chi connectivity index (χ1v) is 6.46. The Labute approximate surface area is 98.6 Å². The predicted octanol–water partition coefficient (Wildman–Crippen LogP) is 3.76. The van der Waals surface area contributed by atoms with E-state index in [0.29, 0.717) is 17.8 Å². The Balaban J connectivity index is 2.32. The first-order chi connectivity index (χ1) is 7.63.